The Morgan fingerprint density at radius 2 is 2.03 bits per heavy atom. The molecule has 0 aromatic rings. The minimum Gasteiger partial charge on any atom is -0.404 e. The number of nitrogens with two attached hydrogens (primary N) is 2. The van der Waals surface area contributed by atoms with Crippen molar-refractivity contribution in [3.63, 3.8) is 0 Å². The van der Waals surface area contributed by atoms with Crippen molar-refractivity contribution in [3.05, 3.63) is 119 Å². The molecule has 0 bridgehead atoms. The Balaban J connectivity index is 2.61. The van der Waals surface area contributed by atoms with E-state index in [1.165, 1.54) is 5.57 Å². The first-order valence-corrected chi connectivity index (χ1v) is 13.4. The molecule has 2 rings (SSSR count). The quantitative estimate of drug-likeness (QED) is 0.222. The van der Waals surface area contributed by atoms with Crippen molar-refractivity contribution in [2.45, 2.75) is 59.9 Å². The van der Waals surface area contributed by atoms with Crippen molar-refractivity contribution in [3.8, 4) is 0 Å². The molecule has 2 unspecified atom stereocenters. The summed E-state index contributed by atoms with van der Waals surface area (Å²) in [6.45, 7) is 16.2. The van der Waals surface area contributed by atoms with Crippen molar-refractivity contribution in [2.75, 3.05) is 6.54 Å². The van der Waals surface area contributed by atoms with E-state index in [9.17, 15) is 0 Å². The zero-order valence-electron chi connectivity index (χ0n) is 23.4. The molecular weight excluding hydrogens is 452 g/mol. The van der Waals surface area contributed by atoms with Crippen LogP contribution in [0.1, 0.15) is 53.9 Å². The third kappa shape index (κ3) is 10.2. The average molecular weight is 499 g/mol. The standard InChI is InChI=1S/C33H46N4/c1-7-11-25(4)20-29(22-31(35)33-15-10-19-37-33)27(6)30(21-26(5)13-8-12-24(2)3)32-17-16-28(23-34)14-9-18-36-32/h7-11,13-15,19-25,33,36H,6,12,16-18,34-35H2,1-5H3/b11-7-,13-8-,14-9-,26-21+,28-23-,29-20+,31-22-,32-30-. The maximum absolute atomic E-state index is 6.53. The molecule has 0 saturated heterocycles. The Labute approximate surface area is 225 Å². The van der Waals surface area contributed by atoms with E-state index in [1.807, 2.05) is 25.2 Å². The third-order valence-electron chi connectivity index (χ3n) is 6.23. The van der Waals surface area contributed by atoms with Crippen LogP contribution in [0.2, 0.25) is 0 Å². The molecule has 0 fully saturated rings. The summed E-state index contributed by atoms with van der Waals surface area (Å²) in [7, 11) is 0. The molecule has 0 amide bonds. The summed E-state index contributed by atoms with van der Waals surface area (Å²) < 4.78 is 0. The lowest BCUT2D eigenvalue weighted by Crippen LogP contribution is -2.18. The topological polar surface area (TPSA) is 76.4 Å². The van der Waals surface area contributed by atoms with Crippen molar-refractivity contribution < 1.29 is 0 Å². The van der Waals surface area contributed by atoms with E-state index in [-0.39, 0.29) is 12.0 Å². The highest BCUT2D eigenvalue weighted by Crippen LogP contribution is 2.29. The number of rotatable bonds is 10. The van der Waals surface area contributed by atoms with Gasteiger partial charge < -0.3 is 16.8 Å². The van der Waals surface area contributed by atoms with Gasteiger partial charge in [0.1, 0.15) is 6.04 Å². The van der Waals surface area contributed by atoms with Crippen molar-refractivity contribution in [1.29, 1.82) is 0 Å². The first-order valence-electron chi connectivity index (χ1n) is 13.4. The molecule has 0 saturated carbocycles. The second kappa shape index (κ2) is 15.6. The number of hydrogen-bond acceptors (Lipinski definition) is 4. The van der Waals surface area contributed by atoms with Crippen molar-refractivity contribution in [2.24, 2.45) is 28.3 Å². The zero-order chi connectivity index (χ0) is 27.2. The Morgan fingerprint density at radius 1 is 1.24 bits per heavy atom. The van der Waals surface area contributed by atoms with Crippen LogP contribution in [0.3, 0.4) is 0 Å². The molecule has 37 heavy (non-hydrogen) atoms. The summed E-state index contributed by atoms with van der Waals surface area (Å²) in [5.41, 5.74) is 19.6. The molecular formula is C33H46N4. The van der Waals surface area contributed by atoms with Crippen LogP contribution in [0, 0.1) is 11.8 Å². The molecule has 2 heterocycles. The van der Waals surface area contributed by atoms with Crippen LogP contribution in [-0.2, 0) is 0 Å². The van der Waals surface area contributed by atoms with E-state index in [0.29, 0.717) is 11.6 Å². The third-order valence-corrected chi connectivity index (χ3v) is 6.23. The number of hydrogen-bond donors (Lipinski definition) is 3. The maximum atomic E-state index is 6.53. The van der Waals surface area contributed by atoms with E-state index in [2.05, 4.69) is 93.2 Å². The van der Waals surface area contributed by atoms with Gasteiger partial charge in [0.2, 0.25) is 0 Å². The molecule has 4 nitrogen and oxygen atoms in total. The van der Waals surface area contributed by atoms with Gasteiger partial charge >= 0.3 is 0 Å². The molecule has 198 valence electrons. The maximum Gasteiger partial charge on any atom is 0.108 e. The molecule has 0 aromatic heterocycles. The highest BCUT2D eigenvalue weighted by atomic mass is 14.9. The molecule has 0 aliphatic carbocycles. The van der Waals surface area contributed by atoms with E-state index in [1.54, 1.807) is 12.4 Å². The number of nitrogens with zero attached hydrogens (tertiary/aromatic N) is 1. The molecule has 4 heteroatoms. The molecule has 5 N–H and O–H groups in total. The van der Waals surface area contributed by atoms with Gasteiger partial charge in [-0.1, -0.05) is 81.5 Å². The lowest BCUT2D eigenvalue weighted by atomic mass is 9.90. The predicted octanol–water partition coefficient (Wildman–Crippen LogP) is 7.12. The normalized spacial score (nSPS) is 23.6. The fraction of sp³-hybridized carbons (Fsp3) is 0.364. The summed E-state index contributed by atoms with van der Waals surface area (Å²) in [5.74, 6) is 0.853. The zero-order valence-corrected chi connectivity index (χ0v) is 23.4. The van der Waals surface area contributed by atoms with Crippen LogP contribution < -0.4 is 16.8 Å². The van der Waals surface area contributed by atoms with Gasteiger partial charge in [-0.05, 0) is 86.1 Å². The number of aliphatic imine (C=N–C) groups is 1. The molecule has 0 radical (unpaired) electrons. The Kier molecular flexibility index (Phi) is 12.5. The van der Waals surface area contributed by atoms with Crippen LogP contribution >= 0.6 is 0 Å². The van der Waals surface area contributed by atoms with Gasteiger partial charge in [0.25, 0.3) is 0 Å². The van der Waals surface area contributed by atoms with Gasteiger partial charge in [-0.15, -0.1) is 0 Å². The van der Waals surface area contributed by atoms with E-state index < -0.39 is 0 Å². The first-order chi connectivity index (χ1) is 17.7. The van der Waals surface area contributed by atoms with Crippen LogP contribution in [-0.4, -0.2) is 18.8 Å². The largest absolute Gasteiger partial charge is 0.404 e. The minimum absolute atomic E-state index is 0.137. The van der Waals surface area contributed by atoms with Crippen LogP contribution in [0.25, 0.3) is 0 Å². The second-order valence-electron chi connectivity index (χ2n) is 10.1. The van der Waals surface area contributed by atoms with Crippen LogP contribution in [0.5, 0.6) is 0 Å². The average Bonchev–Trinajstić information content (AvgIpc) is 3.37. The molecule has 0 spiro atoms. The Bertz CT molecular complexity index is 1090. The molecule has 0 aromatic carbocycles. The summed E-state index contributed by atoms with van der Waals surface area (Å²) in [5, 5.41) is 3.64. The SMILES string of the molecule is C=C(C(/C=C(C)/C=C\CC(C)C)=C1/CCC(=C\N)/C=C\CN1)C(/C=C(\N)C1C=CC=N1)=C/C(C)/C=C\C. The van der Waals surface area contributed by atoms with Crippen molar-refractivity contribution in [1.82, 2.24) is 5.32 Å². The smallest absolute Gasteiger partial charge is 0.108 e. The first kappa shape index (κ1) is 29.7. The molecule has 2 aliphatic rings. The van der Waals surface area contributed by atoms with Crippen molar-refractivity contribution >= 4 is 6.21 Å². The summed E-state index contributed by atoms with van der Waals surface area (Å²) in [6, 6.07) is -0.137. The Hall–Kier alpha value is -3.53. The van der Waals surface area contributed by atoms with Gasteiger partial charge in [-0.2, -0.15) is 0 Å². The van der Waals surface area contributed by atoms with E-state index in [4.69, 9.17) is 11.5 Å². The predicted molar refractivity (Wildman–Crippen MR) is 163 cm³/mol. The van der Waals surface area contributed by atoms with E-state index in [0.717, 1.165) is 53.8 Å². The minimum atomic E-state index is -0.137. The van der Waals surface area contributed by atoms with Gasteiger partial charge in [-0.3, -0.25) is 4.99 Å². The summed E-state index contributed by atoms with van der Waals surface area (Å²) in [6.07, 6.45) is 29.6. The molecule has 2 atom stereocenters. The van der Waals surface area contributed by atoms with E-state index >= 15 is 0 Å². The number of nitrogens with one attached hydrogen (secondary N) is 1. The van der Waals surface area contributed by atoms with Gasteiger partial charge in [0, 0.05) is 29.7 Å². The van der Waals surface area contributed by atoms with Gasteiger partial charge in [0.15, 0.2) is 0 Å². The van der Waals surface area contributed by atoms with Gasteiger partial charge in [-0.25, -0.2) is 0 Å². The highest BCUT2D eigenvalue weighted by molar-refractivity contribution is 5.75. The lowest BCUT2D eigenvalue weighted by Gasteiger charge is -2.21. The van der Waals surface area contributed by atoms with Gasteiger partial charge in [0.05, 0.1) is 0 Å². The lowest BCUT2D eigenvalue weighted by molar-refractivity contribution is 0.663. The fourth-order valence-corrected chi connectivity index (χ4v) is 4.20. The monoisotopic (exact) mass is 498 g/mol. The van der Waals surface area contributed by atoms with Crippen LogP contribution in [0.15, 0.2) is 124 Å². The van der Waals surface area contributed by atoms with Crippen LogP contribution in [0.4, 0.5) is 0 Å². The Morgan fingerprint density at radius 3 is 2.68 bits per heavy atom. The second-order valence-corrected chi connectivity index (χ2v) is 10.1. The summed E-state index contributed by atoms with van der Waals surface area (Å²) in [4.78, 5) is 4.46. The molecule has 2 aliphatic heterocycles. The number of allylic oxidation sites excluding steroid dienone is 15. The highest BCUT2D eigenvalue weighted by Gasteiger charge is 2.16. The summed E-state index contributed by atoms with van der Waals surface area (Å²) >= 11 is 0. The fourth-order valence-electron chi connectivity index (χ4n) is 4.20.